The minimum Gasteiger partial charge on any atom is -0.486 e. The van der Waals surface area contributed by atoms with Crippen molar-refractivity contribution in [3.8, 4) is 11.5 Å². The molecule has 3 rings (SSSR count). The highest BCUT2D eigenvalue weighted by atomic mass is 32.2. The Kier molecular flexibility index (Phi) is 6.77. The maximum absolute atomic E-state index is 12.1. The zero-order valence-corrected chi connectivity index (χ0v) is 16.4. The van der Waals surface area contributed by atoms with E-state index in [1.54, 1.807) is 7.05 Å². The fourth-order valence-electron chi connectivity index (χ4n) is 3.51. The van der Waals surface area contributed by atoms with Crippen LogP contribution in [0.3, 0.4) is 0 Å². The van der Waals surface area contributed by atoms with Crippen LogP contribution in [0.4, 0.5) is 0 Å². The van der Waals surface area contributed by atoms with Crippen molar-refractivity contribution in [1.82, 2.24) is 10.6 Å². The highest BCUT2D eigenvalue weighted by Crippen LogP contribution is 2.30. The molecule has 1 heterocycles. The Morgan fingerprint density at radius 1 is 1.31 bits per heavy atom. The third-order valence-corrected chi connectivity index (χ3v) is 6.65. The molecule has 4 unspecified atom stereocenters. The summed E-state index contributed by atoms with van der Waals surface area (Å²) in [6.07, 6.45) is 4.15. The summed E-state index contributed by atoms with van der Waals surface area (Å²) in [6, 6.07) is 8.04. The average Bonchev–Trinajstić information content (AvgIpc) is 2.70. The van der Waals surface area contributed by atoms with Gasteiger partial charge in [-0.05, 0) is 31.4 Å². The largest absolute Gasteiger partial charge is 0.486 e. The van der Waals surface area contributed by atoms with E-state index < -0.39 is 10.8 Å². The van der Waals surface area contributed by atoms with Gasteiger partial charge >= 0.3 is 0 Å². The van der Waals surface area contributed by atoms with E-state index >= 15 is 0 Å². The molecule has 0 spiro atoms. The summed E-state index contributed by atoms with van der Waals surface area (Å²) in [5.41, 5.74) is 0. The summed E-state index contributed by atoms with van der Waals surface area (Å²) < 4.78 is 23.8. The second-order valence-corrected chi connectivity index (χ2v) is 8.76. The van der Waals surface area contributed by atoms with Crippen LogP contribution in [0.5, 0.6) is 11.5 Å². The predicted molar refractivity (Wildman–Crippen MR) is 106 cm³/mol. The van der Waals surface area contributed by atoms with Gasteiger partial charge in [-0.25, -0.2) is 0 Å². The molecule has 7 heteroatoms. The van der Waals surface area contributed by atoms with Gasteiger partial charge in [-0.3, -0.25) is 9.20 Å². The molecule has 1 aliphatic heterocycles. The van der Waals surface area contributed by atoms with Crippen LogP contribution >= 0.6 is 0 Å². The number of hydrogen-bond donors (Lipinski definition) is 2. The van der Waals surface area contributed by atoms with Crippen molar-refractivity contribution >= 4 is 16.8 Å². The number of rotatable bonds is 5. The highest BCUT2D eigenvalue weighted by molar-refractivity contribution is 7.85. The number of hydrogen-bond acceptors (Lipinski definition) is 4. The fraction of sp³-hybridized carbons (Fsp3) is 0.632. The Bertz CT molecular complexity index is 653. The predicted octanol–water partition coefficient (Wildman–Crippen LogP) is 2.07. The molecule has 1 aromatic rings. The molecule has 6 nitrogen and oxygen atoms in total. The van der Waals surface area contributed by atoms with E-state index in [4.69, 9.17) is 9.47 Å². The standard InChI is InChI=1S/C19H29N3O3S/c1-3-26(23)16-8-6-7-14(11-16)22-19(20-2)21-12-15-13-24-17-9-4-5-10-18(17)25-15/h4-5,9-10,14-16H,3,6-8,11-13H2,1-2H3,(H2,20,21,22). The van der Waals surface area contributed by atoms with Crippen LogP contribution in [0, 0.1) is 0 Å². The Morgan fingerprint density at radius 2 is 2.12 bits per heavy atom. The van der Waals surface area contributed by atoms with Crippen molar-refractivity contribution < 1.29 is 13.7 Å². The van der Waals surface area contributed by atoms with Gasteiger partial charge in [-0.15, -0.1) is 0 Å². The minimum atomic E-state index is -0.716. The van der Waals surface area contributed by atoms with Gasteiger partial charge in [-0.2, -0.15) is 0 Å². The second-order valence-electron chi connectivity index (χ2n) is 6.75. The van der Waals surface area contributed by atoms with Crippen LogP contribution in [0.15, 0.2) is 29.3 Å². The summed E-state index contributed by atoms with van der Waals surface area (Å²) in [6.45, 7) is 3.13. The molecule has 0 radical (unpaired) electrons. The van der Waals surface area contributed by atoms with Crippen molar-refractivity contribution in [3.05, 3.63) is 24.3 Å². The van der Waals surface area contributed by atoms with Crippen molar-refractivity contribution in [2.75, 3.05) is 26.0 Å². The van der Waals surface area contributed by atoms with Gasteiger partial charge in [-0.1, -0.05) is 25.5 Å². The molecule has 4 atom stereocenters. The number of ether oxygens (including phenoxy) is 2. The van der Waals surface area contributed by atoms with Crippen LogP contribution in [0.25, 0.3) is 0 Å². The van der Waals surface area contributed by atoms with Gasteiger partial charge in [0, 0.05) is 34.9 Å². The van der Waals surface area contributed by atoms with E-state index in [0.717, 1.165) is 48.9 Å². The molecule has 1 fully saturated rings. The number of guanidine groups is 1. The number of benzene rings is 1. The zero-order valence-electron chi connectivity index (χ0n) is 15.6. The fourth-order valence-corrected chi connectivity index (χ4v) is 4.86. The summed E-state index contributed by atoms with van der Waals surface area (Å²) >= 11 is 0. The lowest BCUT2D eigenvalue weighted by atomic mass is 9.95. The highest BCUT2D eigenvalue weighted by Gasteiger charge is 2.26. The molecule has 1 aromatic carbocycles. The third kappa shape index (κ3) is 4.90. The topological polar surface area (TPSA) is 72.0 Å². The van der Waals surface area contributed by atoms with E-state index in [1.807, 2.05) is 31.2 Å². The molecule has 26 heavy (non-hydrogen) atoms. The third-order valence-electron chi connectivity index (χ3n) is 4.91. The first-order valence-corrected chi connectivity index (χ1v) is 10.8. The zero-order chi connectivity index (χ0) is 18.4. The van der Waals surface area contributed by atoms with E-state index in [-0.39, 0.29) is 6.10 Å². The van der Waals surface area contributed by atoms with E-state index in [2.05, 4.69) is 15.6 Å². The lowest BCUT2D eigenvalue weighted by Crippen LogP contribution is -2.49. The Labute approximate surface area is 158 Å². The SMILES string of the molecule is CCS(=O)C1CCCC(NC(=NC)NCC2COc3ccccc3O2)C1. The normalized spacial score (nSPS) is 26.8. The van der Waals surface area contributed by atoms with Crippen LogP contribution in [0.2, 0.25) is 0 Å². The Hall–Kier alpha value is -1.76. The molecule has 0 amide bonds. The average molecular weight is 380 g/mol. The van der Waals surface area contributed by atoms with Crippen LogP contribution in [-0.2, 0) is 10.8 Å². The smallest absolute Gasteiger partial charge is 0.191 e. The molecular weight excluding hydrogens is 350 g/mol. The number of para-hydroxylation sites is 2. The number of nitrogens with one attached hydrogen (secondary N) is 2. The Morgan fingerprint density at radius 3 is 2.88 bits per heavy atom. The molecule has 0 saturated heterocycles. The van der Waals surface area contributed by atoms with Gasteiger partial charge < -0.3 is 20.1 Å². The van der Waals surface area contributed by atoms with E-state index in [0.29, 0.717) is 24.4 Å². The molecule has 2 aliphatic rings. The summed E-state index contributed by atoms with van der Waals surface area (Å²) in [7, 11) is 1.05. The van der Waals surface area contributed by atoms with Gasteiger partial charge in [0.1, 0.15) is 12.7 Å². The van der Waals surface area contributed by atoms with Crippen LogP contribution in [0.1, 0.15) is 32.6 Å². The first kappa shape index (κ1) is 19.0. The maximum atomic E-state index is 12.1. The number of aliphatic imine (C=N–C) groups is 1. The second kappa shape index (κ2) is 9.26. The van der Waals surface area contributed by atoms with Crippen molar-refractivity contribution in [1.29, 1.82) is 0 Å². The van der Waals surface area contributed by atoms with Gasteiger partial charge in [0.2, 0.25) is 0 Å². The Balaban J connectivity index is 1.47. The quantitative estimate of drug-likeness (QED) is 0.605. The lowest BCUT2D eigenvalue weighted by Gasteiger charge is -2.31. The van der Waals surface area contributed by atoms with Crippen LogP contribution in [-0.4, -0.2) is 53.5 Å². The first-order valence-electron chi connectivity index (χ1n) is 9.42. The summed E-state index contributed by atoms with van der Waals surface area (Å²) in [4.78, 5) is 4.32. The minimum absolute atomic E-state index is 0.0600. The molecule has 0 aromatic heterocycles. The van der Waals surface area contributed by atoms with E-state index in [9.17, 15) is 4.21 Å². The molecule has 0 bridgehead atoms. The van der Waals surface area contributed by atoms with Crippen molar-refractivity contribution in [2.45, 2.75) is 50.0 Å². The number of nitrogens with zero attached hydrogens (tertiary/aromatic N) is 1. The molecule has 1 aliphatic carbocycles. The first-order chi connectivity index (χ1) is 12.7. The molecule has 1 saturated carbocycles. The molecule has 144 valence electrons. The summed E-state index contributed by atoms with van der Waals surface area (Å²) in [5, 5.41) is 7.12. The van der Waals surface area contributed by atoms with Crippen molar-refractivity contribution in [2.24, 2.45) is 4.99 Å². The molecule has 2 N–H and O–H groups in total. The maximum Gasteiger partial charge on any atom is 0.191 e. The lowest BCUT2D eigenvalue weighted by molar-refractivity contribution is 0.0935. The summed E-state index contributed by atoms with van der Waals surface area (Å²) in [5.74, 6) is 3.08. The number of fused-ring (bicyclic) bond motifs is 1. The van der Waals surface area contributed by atoms with E-state index in [1.165, 1.54) is 0 Å². The van der Waals surface area contributed by atoms with Crippen molar-refractivity contribution in [3.63, 3.8) is 0 Å². The van der Waals surface area contributed by atoms with Crippen LogP contribution < -0.4 is 20.1 Å². The monoisotopic (exact) mass is 379 g/mol. The molecular formula is C19H29N3O3S. The van der Waals surface area contributed by atoms with Gasteiger partial charge in [0.05, 0.1) is 6.54 Å². The van der Waals surface area contributed by atoms with Gasteiger partial charge in [0.25, 0.3) is 0 Å². The van der Waals surface area contributed by atoms with Gasteiger partial charge in [0.15, 0.2) is 17.5 Å².